The normalized spacial score (nSPS) is 23.9. The summed E-state index contributed by atoms with van der Waals surface area (Å²) in [6, 6.07) is -0.840. The lowest BCUT2D eigenvalue weighted by atomic mass is 9.89. The van der Waals surface area contributed by atoms with Crippen molar-refractivity contribution >= 4 is 11.8 Å². The van der Waals surface area contributed by atoms with E-state index in [0.29, 0.717) is 6.54 Å². The molecule has 0 radical (unpaired) electrons. The van der Waals surface area contributed by atoms with E-state index in [1.807, 2.05) is 0 Å². The first-order chi connectivity index (χ1) is 9.41. The fourth-order valence-electron chi connectivity index (χ4n) is 2.84. The average Bonchev–Trinajstić information content (AvgIpc) is 3.16. The molecule has 3 N–H and O–H groups in total. The van der Waals surface area contributed by atoms with E-state index in [1.54, 1.807) is 0 Å². The van der Waals surface area contributed by atoms with Crippen molar-refractivity contribution < 1.29 is 14.7 Å². The van der Waals surface area contributed by atoms with Crippen LogP contribution in [0.3, 0.4) is 0 Å². The maximum atomic E-state index is 12.2. The molecule has 2 fully saturated rings. The van der Waals surface area contributed by atoms with Gasteiger partial charge in [0.1, 0.15) is 6.04 Å². The van der Waals surface area contributed by atoms with Crippen LogP contribution in [0.25, 0.3) is 0 Å². The topological polar surface area (TPSA) is 78.4 Å². The van der Waals surface area contributed by atoms with Crippen LogP contribution in [-0.4, -0.2) is 35.6 Å². The molecule has 114 valence electrons. The van der Waals surface area contributed by atoms with E-state index in [1.165, 1.54) is 19.8 Å². The number of aliphatic hydroxyl groups excluding tert-OH is 1. The Hall–Kier alpha value is -1.10. The first kappa shape index (κ1) is 15.3. The van der Waals surface area contributed by atoms with Crippen LogP contribution >= 0.6 is 0 Å². The van der Waals surface area contributed by atoms with Gasteiger partial charge in [-0.05, 0) is 38.0 Å². The molecule has 2 rings (SSSR count). The van der Waals surface area contributed by atoms with Gasteiger partial charge in [0.2, 0.25) is 11.8 Å². The average molecular weight is 282 g/mol. The van der Waals surface area contributed by atoms with Crippen LogP contribution in [0.15, 0.2) is 0 Å². The van der Waals surface area contributed by atoms with Crippen molar-refractivity contribution in [3.05, 3.63) is 0 Å². The number of hydrogen-bond donors (Lipinski definition) is 3. The van der Waals surface area contributed by atoms with Gasteiger partial charge in [0, 0.05) is 12.5 Å². The molecule has 5 nitrogen and oxygen atoms in total. The molecule has 0 aliphatic heterocycles. The summed E-state index contributed by atoms with van der Waals surface area (Å²) in [5.74, 6) is -0.350. The second kappa shape index (κ2) is 6.12. The summed E-state index contributed by atoms with van der Waals surface area (Å²) in [5, 5.41) is 15.3. The molecule has 2 atom stereocenters. The van der Waals surface area contributed by atoms with Crippen LogP contribution in [0.1, 0.15) is 52.4 Å². The van der Waals surface area contributed by atoms with Gasteiger partial charge in [-0.1, -0.05) is 19.8 Å². The van der Waals surface area contributed by atoms with E-state index < -0.39 is 12.1 Å². The Morgan fingerprint density at radius 1 is 1.30 bits per heavy atom. The predicted octanol–water partition coefficient (Wildman–Crippen LogP) is 0.958. The van der Waals surface area contributed by atoms with Crippen LogP contribution in [0.5, 0.6) is 0 Å². The summed E-state index contributed by atoms with van der Waals surface area (Å²) in [7, 11) is 0. The highest BCUT2D eigenvalue weighted by atomic mass is 16.3. The molecule has 2 aliphatic carbocycles. The van der Waals surface area contributed by atoms with Crippen LogP contribution in [0.2, 0.25) is 0 Å². The van der Waals surface area contributed by atoms with Gasteiger partial charge < -0.3 is 15.7 Å². The fraction of sp³-hybridized carbons (Fsp3) is 0.867. The lowest BCUT2D eigenvalue weighted by Crippen LogP contribution is -2.54. The number of hydrogen-bond acceptors (Lipinski definition) is 3. The third kappa shape index (κ3) is 3.95. The number of amides is 2. The van der Waals surface area contributed by atoms with Gasteiger partial charge in [0.05, 0.1) is 6.10 Å². The monoisotopic (exact) mass is 282 g/mol. The molecule has 2 aliphatic rings. The predicted molar refractivity (Wildman–Crippen MR) is 75.9 cm³/mol. The van der Waals surface area contributed by atoms with Crippen molar-refractivity contribution in [2.45, 2.75) is 64.5 Å². The molecule has 2 saturated carbocycles. The second-order valence-corrected chi connectivity index (χ2v) is 6.74. The minimum atomic E-state index is -0.880. The summed E-state index contributed by atoms with van der Waals surface area (Å²) in [4.78, 5) is 23.9. The van der Waals surface area contributed by atoms with Gasteiger partial charge in [-0.25, -0.2) is 0 Å². The summed E-state index contributed by atoms with van der Waals surface area (Å²) < 4.78 is 0. The second-order valence-electron chi connectivity index (χ2n) is 6.74. The number of carbonyl (C=O) groups excluding carboxylic acids is 2. The Bertz CT molecular complexity index is 371. The fourth-order valence-corrected chi connectivity index (χ4v) is 2.84. The zero-order valence-corrected chi connectivity index (χ0v) is 12.4. The smallest absolute Gasteiger partial charge is 0.245 e. The third-order valence-electron chi connectivity index (χ3n) is 4.51. The summed E-state index contributed by atoms with van der Waals surface area (Å²) in [6.45, 7) is 4.34. The maximum absolute atomic E-state index is 12.2. The van der Waals surface area contributed by atoms with Crippen molar-refractivity contribution in [1.82, 2.24) is 10.6 Å². The zero-order chi connectivity index (χ0) is 14.8. The molecule has 5 heteroatoms. The molecule has 20 heavy (non-hydrogen) atoms. The number of nitrogens with one attached hydrogen (secondary N) is 2. The third-order valence-corrected chi connectivity index (χ3v) is 4.51. The summed E-state index contributed by atoms with van der Waals surface area (Å²) in [5.41, 5.74) is 0.166. The molecule has 0 heterocycles. The van der Waals surface area contributed by atoms with Crippen LogP contribution in [0.4, 0.5) is 0 Å². The SMILES string of the molecule is CC(O)C(NC(=O)C1CC1)C(=O)NCC1(C)CCCC1. The van der Waals surface area contributed by atoms with E-state index in [0.717, 1.165) is 25.7 Å². The van der Waals surface area contributed by atoms with Crippen molar-refractivity contribution in [3.63, 3.8) is 0 Å². The molecule has 0 bridgehead atoms. The Morgan fingerprint density at radius 2 is 1.90 bits per heavy atom. The minimum absolute atomic E-state index is 0.0383. The van der Waals surface area contributed by atoms with E-state index in [4.69, 9.17) is 0 Å². The molecular weight excluding hydrogens is 256 g/mol. The van der Waals surface area contributed by atoms with Gasteiger partial charge in [-0.15, -0.1) is 0 Å². The molecule has 0 aromatic heterocycles. The Balaban J connectivity index is 1.84. The molecule has 0 spiro atoms. The van der Waals surface area contributed by atoms with Gasteiger partial charge in [-0.2, -0.15) is 0 Å². The van der Waals surface area contributed by atoms with Crippen molar-refractivity contribution in [2.24, 2.45) is 11.3 Å². The maximum Gasteiger partial charge on any atom is 0.245 e. The Kier molecular flexibility index (Phi) is 4.68. The van der Waals surface area contributed by atoms with Gasteiger partial charge >= 0.3 is 0 Å². The lowest BCUT2D eigenvalue weighted by Gasteiger charge is -2.26. The zero-order valence-electron chi connectivity index (χ0n) is 12.4. The summed E-state index contributed by atoms with van der Waals surface area (Å²) in [6.07, 6.45) is 5.57. The van der Waals surface area contributed by atoms with E-state index in [-0.39, 0.29) is 23.1 Å². The van der Waals surface area contributed by atoms with E-state index in [9.17, 15) is 14.7 Å². The highest BCUT2D eigenvalue weighted by Gasteiger charge is 2.35. The van der Waals surface area contributed by atoms with Gasteiger partial charge in [-0.3, -0.25) is 9.59 Å². The Labute approximate surface area is 120 Å². The number of aliphatic hydroxyl groups is 1. The van der Waals surface area contributed by atoms with Crippen LogP contribution in [-0.2, 0) is 9.59 Å². The van der Waals surface area contributed by atoms with E-state index in [2.05, 4.69) is 17.6 Å². The molecule has 0 aromatic rings. The number of carbonyl (C=O) groups is 2. The molecule has 2 amide bonds. The highest BCUT2D eigenvalue weighted by Crippen LogP contribution is 2.36. The van der Waals surface area contributed by atoms with E-state index >= 15 is 0 Å². The standard InChI is InChI=1S/C15H26N2O3/c1-10(18)12(17-13(19)11-5-6-11)14(20)16-9-15(2)7-3-4-8-15/h10-12,18H,3-9H2,1-2H3,(H,16,20)(H,17,19). The first-order valence-electron chi connectivity index (χ1n) is 7.67. The van der Waals surface area contributed by atoms with Crippen molar-refractivity contribution in [3.8, 4) is 0 Å². The summed E-state index contributed by atoms with van der Waals surface area (Å²) >= 11 is 0. The molecule has 0 saturated heterocycles. The Morgan fingerprint density at radius 3 is 2.40 bits per heavy atom. The molecule has 2 unspecified atom stereocenters. The van der Waals surface area contributed by atoms with Crippen LogP contribution in [0, 0.1) is 11.3 Å². The van der Waals surface area contributed by atoms with Crippen molar-refractivity contribution in [1.29, 1.82) is 0 Å². The minimum Gasteiger partial charge on any atom is -0.391 e. The molecular formula is C15H26N2O3. The van der Waals surface area contributed by atoms with Gasteiger partial charge in [0.15, 0.2) is 0 Å². The highest BCUT2D eigenvalue weighted by molar-refractivity contribution is 5.89. The lowest BCUT2D eigenvalue weighted by molar-refractivity contribution is -0.132. The largest absolute Gasteiger partial charge is 0.391 e. The quantitative estimate of drug-likeness (QED) is 0.679. The first-order valence-corrected chi connectivity index (χ1v) is 7.67. The number of rotatable bonds is 6. The molecule has 0 aromatic carbocycles. The van der Waals surface area contributed by atoms with Crippen LogP contribution < -0.4 is 10.6 Å². The van der Waals surface area contributed by atoms with Crippen molar-refractivity contribution in [2.75, 3.05) is 6.54 Å². The van der Waals surface area contributed by atoms with Gasteiger partial charge in [0.25, 0.3) is 0 Å².